The SMILES string of the molecule is CC(C)CCNC(=O)OCCOCCNS(=O)(=O)NC(=O)OC(C)C. The summed E-state index contributed by atoms with van der Waals surface area (Å²) in [4.78, 5) is 22.5. The third kappa shape index (κ3) is 15.7. The standard InChI is InChI=1S/C14H29N3O7S/c1-11(2)5-6-15-13(18)23-10-9-22-8-7-16-25(20,21)17-14(19)24-12(3)4/h11-12,16H,5-10H2,1-4H3,(H,15,18)(H,17,19). The maximum absolute atomic E-state index is 11.5. The minimum absolute atomic E-state index is 0.0507. The molecule has 0 rings (SSSR count). The number of amides is 2. The van der Waals surface area contributed by atoms with E-state index in [2.05, 4.69) is 28.6 Å². The van der Waals surface area contributed by atoms with Gasteiger partial charge in [0.2, 0.25) is 0 Å². The van der Waals surface area contributed by atoms with E-state index in [0.29, 0.717) is 12.5 Å². The van der Waals surface area contributed by atoms with E-state index < -0.39 is 28.5 Å². The molecule has 148 valence electrons. The van der Waals surface area contributed by atoms with Gasteiger partial charge in [0.05, 0.1) is 19.3 Å². The summed E-state index contributed by atoms with van der Waals surface area (Å²) < 4.78 is 41.4. The summed E-state index contributed by atoms with van der Waals surface area (Å²) in [5.41, 5.74) is 0. The lowest BCUT2D eigenvalue weighted by Gasteiger charge is -2.11. The van der Waals surface area contributed by atoms with Crippen LogP contribution in [0.25, 0.3) is 0 Å². The van der Waals surface area contributed by atoms with Crippen molar-refractivity contribution in [3.8, 4) is 0 Å². The third-order valence-corrected chi connectivity index (χ3v) is 3.57. The van der Waals surface area contributed by atoms with Gasteiger partial charge < -0.3 is 19.5 Å². The second kappa shape index (κ2) is 12.7. The molecule has 0 aliphatic carbocycles. The van der Waals surface area contributed by atoms with Gasteiger partial charge in [-0.2, -0.15) is 13.1 Å². The summed E-state index contributed by atoms with van der Waals surface area (Å²) in [6, 6.07) is 0. The van der Waals surface area contributed by atoms with E-state index in [9.17, 15) is 18.0 Å². The van der Waals surface area contributed by atoms with Crippen molar-refractivity contribution in [1.82, 2.24) is 14.8 Å². The van der Waals surface area contributed by atoms with Crippen LogP contribution in [0.1, 0.15) is 34.1 Å². The van der Waals surface area contributed by atoms with Gasteiger partial charge in [-0.25, -0.2) is 14.3 Å². The lowest BCUT2D eigenvalue weighted by molar-refractivity contribution is 0.0753. The number of nitrogens with one attached hydrogen (secondary N) is 3. The third-order valence-electron chi connectivity index (χ3n) is 2.55. The second-order valence-corrected chi connectivity index (χ2v) is 7.31. The average molecular weight is 383 g/mol. The van der Waals surface area contributed by atoms with E-state index >= 15 is 0 Å². The minimum Gasteiger partial charge on any atom is -0.447 e. The van der Waals surface area contributed by atoms with Gasteiger partial charge in [0.15, 0.2) is 0 Å². The second-order valence-electron chi connectivity index (χ2n) is 5.81. The molecule has 25 heavy (non-hydrogen) atoms. The Labute approximate surface area is 149 Å². The fraction of sp³-hybridized carbons (Fsp3) is 0.857. The molecule has 0 spiro atoms. The fourth-order valence-corrected chi connectivity index (χ4v) is 2.13. The monoisotopic (exact) mass is 383 g/mol. The van der Waals surface area contributed by atoms with Crippen molar-refractivity contribution in [2.75, 3.05) is 32.9 Å². The first-order valence-corrected chi connectivity index (χ1v) is 9.57. The van der Waals surface area contributed by atoms with Crippen LogP contribution in [-0.4, -0.2) is 59.6 Å². The van der Waals surface area contributed by atoms with Gasteiger partial charge in [0.25, 0.3) is 0 Å². The maximum atomic E-state index is 11.5. The van der Waals surface area contributed by atoms with E-state index in [1.807, 2.05) is 0 Å². The molecular weight excluding hydrogens is 354 g/mol. The maximum Gasteiger partial charge on any atom is 0.422 e. The van der Waals surface area contributed by atoms with Gasteiger partial charge in [0, 0.05) is 13.1 Å². The van der Waals surface area contributed by atoms with Gasteiger partial charge in [0.1, 0.15) is 6.61 Å². The van der Waals surface area contributed by atoms with Crippen molar-refractivity contribution in [1.29, 1.82) is 0 Å². The van der Waals surface area contributed by atoms with Crippen molar-refractivity contribution in [3.05, 3.63) is 0 Å². The zero-order valence-corrected chi connectivity index (χ0v) is 16.0. The van der Waals surface area contributed by atoms with Crippen molar-refractivity contribution in [3.63, 3.8) is 0 Å². The zero-order valence-electron chi connectivity index (χ0n) is 15.2. The summed E-state index contributed by atoms with van der Waals surface area (Å²) in [7, 11) is -4.00. The molecule has 11 heteroatoms. The number of ether oxygens (including phenoxy) is 3. The molecule has 0 fully saturated rings. The number of carbonyl (C=O) groups excluding carboxylic acids is 2. The predicted octanol–water partition coefficient (Wildman–Crippen LogP) is 0.744. The van der Waals surface area contributed by atoms with Crippen LogP contribution in [-0.2, 0) is 24.4 Å². The van der Waals surface area contributed by atoms with Crippen molar-refractivity contribution in [2.45, 2.75) is 40.2 Å². The van der Waals surface area contributed by atoms with Crippen molar-refractivity contribution < 1.29 is 32.2 Å². The van der Waals surface area contributed by atoms with Gasteiger partial charge in [-0.3, -0.25) is 0 Å². The van der Waals surface area contributed by atoms with Gasteiger partial charge in [-0.1, -0.05) is 13.8 Å². The Morgan fingerprint density at radius 2 is 1.64 bits per heavy atom. The number of carbonyl (C=O) groups is 2. The molecule has 0 radical (unpaired) electrons. The number of hydrogen-bond acceptors (Lipinski definition) is 7. The molecule has 0 aliphatic heterocycles. The first kappa shape index (κ1) is 23.4. The number of alkyl carbamates (subject to hydrolysis) is 1. The Bertz CT molecular complexity index is 495. The Hall–Kier alpha value is -1.59. The molecule has 0 aliphatic rings. The number of rotatable bonds is 12. The Balaban J connectivity index is 3.65. The van der Waals surface area contributed by atoms with Gasteiger partial charge >= 0.3 is 22.4 Å². The van der Waals surface area contributed by atoms with E-state index in [0.717, 1.165) is 6.42 Å². The van der Waals surface area contributed by atoms with E-state index in [1.165, 1.54) is 0 Å². The van der Waals surface area contributed by atoms with E-state index in [4.69, 9.17) is 9.47 Å². The molecule has 0 aromatic rings. The summed E-state index contributed by atoms with van der Waals surface area (Å²) >= 11 is 0. The molecule has 0 heterocycles. The van der Waals surface area contributed by atoms with Crippen molar-refractivity contribution >= 4 is 22.4 Å². The molecule has 0 unspecified atom stereocenters. The van der Waals surface area contributed by atoms with Gasteiger partial charge in [-0.15, -0.1) is 0 Å². The predicted molar refractivity (Wildman–Crippen MR) is 91.3 cm³/mol. The zero-order chi connectivity index (χ0) is 19.3. The van der Waals surface area contributed by atoms with Crippen LogP contribution in [0.15, 0.2) is 0 Å². The molecule has 0 saturated carbocycles. The molecule has 0 aromatic carbocycles. The molecule has 0 atom stereocenters. The first-order chi connectivity index (χ1) is 11.6. The molecule has 0 saturated heterocycles. The fourth-order valence-electron chi connectivity index (χ4n) is 1.44. The molecule has 2 amide bonds. The summed E-state index contributed by atoms with van der Waals surface area (Å²) in [6.45, 7) is 8.03. The van der Waals surface area contributed by atoms with Crippen LogP contribution >= 0.6 is 0 Å². The largest absolute Gasteiger partial charge is 0.447 e. The Kier molecular flexibility index (Phi) is 11.9. The first-order valence-electron chi connectivity index (χ1n) is 8.08. The Morgan fingerprint density at radius 1 is 0.960 bits per heavy atom. The van der Waals surface area contributed by atoms with Crippen LogP contribution in [0.5, 0.6) is 0 Å². The molecule has 0 aromatic heterocycles. The van der Waals surface area contributed by atoms with Crippen LogP contribution < -0.4 is 14.8 Å². The molecule has 3 N–H and O–H groups in total. The summed E-state index contributed by atoms with van der Waals surface area (Å²) in [6.07, 6.45) is -1.14. The quantitative estimate of drug-likeness (QED) is 0.424. The Morgan fingerprint density at radius 3 is 2.24 bits per heavy atom. The molecule has 0 bridgehead atoms. The normalized spacial score (nSPS) is 11.4. The lowest BCUT2D eigenvalue weighted by Crippen LogP contribution is -2.42. The highest BCUT2D eigenvalue weighted by Gasteiger charge is 2.15. The van der Waals surface area contributed by atoms with Crippen LogP contribution in [0.4, 0.5) is 9.59 Å². The van der Waals surface area contributed by atoms with Crippen LogP contribution in [0.3, 0.4) is 0 Å². The smallest absolute Gasteiger partial charge is 0.422 e. The van der Waals surface area contributed by atoms with E-state index in [1.54, 1.807) is 18.6 Å². The van der Waals surface area contributed by atoms with Crippen LogP contribution in [0, 0.1) is 5.92 Å². The van der Waals surface area contributed by atoms with Gasteiger partial charge in [-0.05, 0) is 26.2 Å². The lowest BCUT2D eigenvalue weighted by atomic mass is 10.1. The van der Waals surface area contributed by atoms with Crippen molar-refractivity contribution in [2.24, 2.45) is 5.92 Å². The van der Waals surface area contributed by atoms with Crippen LogP contribution in [0.2, 0.25) is 0 Å². The highest BCUT2D eigenvalue weighted by molar-refractivity contribution is 7.88. The van der Waals surface area contributed by atoms with E-state index in [-0.39, 0.29) is 26.4 Å². The summed E-state index contributed by atoms with van der Waals surface area (Å²) in [5.74, 6) is 0.495. The molecule has 10 nitrogen and oxygen atoms in total. The highest BCUT2D eigenvalue weighted by Crippen LogP contribution is 1.96. The highest BCUT2D eigenvalue weighted by atomic mass is 32.2. The minimum atomic E-state index is -4.00. The number of hydrogen-bond donors (Lipinski definition) is 3. The summed E-state index contributed by atoms with van der Waals surface area (Å²) in [5, 5.41) is 2.61. The molecular formula is C14H29N3O7S. The average Bonchev–Trinajstić information content (AvgIpc) is 2.44. The topological polar surface area (TPSA) is 132 Å².